The van der Waals surface area contributed by atoms with Gasteiger partial charge in [-0.2, -0.15) is 0 Å². The minimum absolute atomic E-state index is 0.0344. The number of aryl methyl sites for hydroxylation is 2. The van der Waals surface area contributed by atoms with E-state index in [-0.39, 0.29) is 24.5 Å². The summed E-state index contributed by atoms with van der Waals surface area (Å²) < 4.78 is 35.0. The summed E-state index contributed by atoms with van der Waals surface area (Å²) in [6, 6.07) is 14.0. The first-order valence-electron chi connectivity index (χ1n) is 11.6. The largest absolute Gasteiger partial charge is 0.508 e. The van der Waals surface area contributed by atoms with Gasteiger partial charge in [0.1, 0.15) is 11.5 Å². The summed E-state index contributed by atoms with van der Waals surface area (Å²) in [6.07, 6.45) is 3.09. The minimum Gasteiger partial charge on any atom is -0.508 e. The first kappa shape index (κ1) is 22.4. The van der Waals surface area contributed by atoms with Crippen molar-refractivity contribution in [3.63, 3.8) is 0 Å². The molecule has 0 atom stereocenters. The third-order valence-electron chi connectivity index (χ3n) is 7.03. The van der Waals surface area contributed by atoms with Crippen LogP contribution in [-0.4, -0.2) is 20.8 Å². The Morgan fingerprint density at radius 1 is 1.12 bits per heavy atom. The van der Waals surface area contributed by atoms with E-state index in [9.17, 15) is 13.9 Å². The predicted octanol–water partition coefficient (Wildman–Crippen LogP) is 7.93. The Hall–Kier alpha value is -3.41. The smallest absolute Gasteiger partial charge is 0.248 e. The molecule has 0 spiro atoms. The van der Waals surface area contributed by atoms with Crippen molar-refractivity contribution >= 4 is 16.7 Å². The molecule has 1 fully saturated rings. The number of hydrogen-bond acceptors (Lipinski definition) is 3. The summed E-state index contributed by atoms with van der Waals surface area (Å²) in [4.78, 5) is 0. The molecule has 2 aromatic heterocycles. The van der Waals surface area contributed by atoms with E-state index in [1.54, 1.807) is 0 Å². The lowest BCUT2D eigenvalue weighted by molar-refractivity contribution is -0.0472. The fraction of sp³-hybridized carbons (Fsp3) is 0.321. The Balaban J connectivity index is 1.59. The van der Waals surface area contributed by atoms with Crippen molar-refractivity contribution in [2.75, 3.05) is 0 Å². The van der Waals surface area contributed by atoms with E-state index in [2.05, 4.69) is 40.7 Å². The molecule has 1 aliphatic rings. The average molecular weight is 463 g/mol. The van der Waals surface area contributed by atoms with Crippen LogP contribution in [0.15, 0.2) is 59.8 Å². The normalized spacial score (nSPS) is 16.2. The molecule has 34 heavy (non-hydrogen) atoms. The number of aliphatic hydroxyl groups excluding tert-OH is 1. The fourth-order valence-corrected chi connectivity index (χ4v) is 5.13. The first-order valence-corrected chi connectivity index (χ1v) is 11.6. The highest BCUT2D eigenvalue weighted by Crippen LogP contribution is 2.39. The Morgan fingerprint density at radius 2 is 1.79 bits per heavy atom. The van der Waals surface area contributed by atoms with E-state index >= 15 is 0 Å². The van der Waals surface area contributed by atoms with Crippen molar-refractivity contribution in [3.8, 4) is 22.3 Å². The van der Waals surface area contributed by atoms with Crippen molar-refractivity contribution in [3.05, 3.63) is 72.3 Å². The van der Waals surface area contributed by atoms with E-state index in [4.69, 9.17) is 4.52 Å². The van der Waals surface area contributed by atoms with Gasteiger partial charge in [0, 0.05) is 53.2 Å². The number of aliphatic hydroxyl groups is 1. The number of nitrogens with zero attached hydrogens (tertiary/aromatic N) is 2. The maximum atomic E-state index is 13.7. The second kappa shape index (κ2) is 8.42. The lowest BCUT2D eigenvalue weighted by Crippen LogP contribution is -2.26. The van der Waals surface area contributed by atoms with Crippen molar-refractivity contribution < 1.29 is 18.4 Å². The third-order valence-corrected chi connectivity index (χ3v) is 7.03. The average Bonchev–Trinajstić information content (AvgIpc) is 3.34. The standard InChI is InChI=1S/C28H28F2N2O2/c1-17-27(19(3)34-31-17)23-8-9-24-25(22-6-4-21(5-7-22)18(2)33)16-32(26(24)14-23)15-20-10-12-28(29,30)13-11-20/h4-9,14,16,20,33H,2,10-13,15H2,1,3H3. The Labute approximate surface area is 197 Å². The molecule has 4 aromatic rings. The van der Waals surface area contributed by atoms with Gasteiger partial charge >= 0.3 is 0 Å². The topological polar surface area (TPSA) is 51.2 Å². The van der Waals surface area contributed by atoms with Crippen molar-refractivity contribution in [1.29, 1.82) is 0 Å². The molecule has 0 amide bonds. The van der Waals surface area contributed by atoms with Gasteiger partial charge in [0.25, 0.3) is 0 Å². The van der Waals surface area contributed by atoms with Crippen molar-refractivity contribution in [1.82, 2.24) is 9.72 Å². The molecule has 0 saturated heterocycles. The zero-order valence-corrected chi connectivity index (χ0v) is 19.4. The van der Waals surface area contributed by atoms with Gasteiger partial charge in [-0.1, -0.05) is 48.1 Å². The first-order chi connectivity index (χ1) is 16.2. The maximum absolute atomic E-state index is 13.7. The zero-order chi connectivity index (χ0) is 24.0. The fourth-order valence-electron chi connectivity index (χ4n) is 5.13. The highest BCUT2D eigenvalue weighted by atomic mass is 19.3. The van der Waals surface area contributed by atoms with Gasteiger partial charge in [-0.15, -0.1) is 0 Å². The van der Waals surface area contributed by atoms with Crippen LogP contribution in [0.3, 0.4) is 0 Å². The number of alkyl halides is 2. The number of aromatic nitrogens is 2. The summed E-state index contributed by atoms with van der Waals surface area (Å²) in [5.41, 5.74) is 6.67. The van der Waals surface area contributed by atoms with Crippen LogP contribution in [0, 0.1) is 19.8 Å². The second-order valence-electron chi connectivity index (χ2n) is 9.45. The summed E-state index contributed by atoms with van der Waals surface area (Å²) in [7, 11) is 0. The number of rotatable bonds is 5. The zero-order valence-electron chi connectivity index (χ0n) is 19.4. The predicted molar refractivity (Wildman–Crippen MR) is 131 cm³/mol. The highest BCUT2D eigenvalue weighted by Gasteiger charge is 2.35. The number of hydrogen-bond donors (Lipinski definition) is 1. The molecule has 176 valence electrons. The monoisotopic (exact) mass is 462 g/mol. The lowest BCUT2D eigenvalue weighted by Gasteiger charge is -2.28. The lowest BCUT2D eigenvalue weighted by atomic mass is 9.87. The summed E-state index contributed by atoms with van der Waals surface area (Å²) in [5, 5.41) is 14.9. The molecule has 4 nitrogen and oxygen atoms in total. The quantitative estimate of drug-likeness (QED) is 0.306. The molecule has 0 unspecified atom stereocenters. The highest BCUT2D eigenvalue weighted by molar-refractivity contribution is 5.98. The van der Waals surface area contributed by atoms with Gasteiger partial charge < -0.3 is 14.2 Å². The van der Waals surface area contributed by atoms with E-state index in [0.29, 0.717) is 24.9 Å². The van der Waals surface area contributed by atoms with Gasteiger partial charge in [0.05, 0.1) is 5.69 Å². The Kier molecular flexibility index (Phi) is 5.54. The number of benzene rings is 2. The van der Waals surface area contributed by atoms with Crippen LogP contribution in [0.5, 0.6) is 0 Å². The van der Waals surface area contributed by atoms with Crippen LogP contribution in [0.1, 0.15) is 42.7 Å². The molecule has 1 saturated carbocycles. The summed E-state index contributed by atoms with van der Waals surface area (Å²) in [5.74, 6) is -1.52. The van der Waals surface area contributed by atoms with Crippen molar-refractivity contribution in [2.45, 2.75) is 52.0 Å². The summed E-state index contributed by atoms with van der Waals surface area (Å²) >= 11 is 0. The third kappa shape index (κ3) is 4.13. The second-order valence-corrected chi connectivity index (χ2v) is 9.45. The van der Waals surface area contributed by atoms with E-state index in [1.165, 1.54) is 0 Å². The Bertz CT molecular complexity index is 1340. The van der Waals surface area contributed by atoms with E-state index in [1.807, 2.05) is 38.1 Å². The molecule has 0 radical (unpaired) electrons. The molecule has 0 aliphatic heterocycles. The van der Waals surface area contributed by atoms with Gasteiger partial charge in [-0.3, -0.25) is 0 Å². The van der Waals surface area contributed by atoms with E-state index in [0.717, 1.165) is 44.6 Å². The molecular weight excluding hydrogens is 434 g/mol. The minimum atomic E-state index is -2.53. The Morgan fingerprint density at radius 3 is 2.41 bits per heavy atom. The molecule has 2 aromatic carbocycles. The molecule has 1 aliphatic carbocycles. The molecule has 6 heteroatoms. The number of halogens is 2. The van der Waals surface area contributed by atoms with Crippen LogP contribution in [0.4, 0.5) is 8.78 Å². The molecule has 2 heterocycles. The van der Waals surface area contributed by atoms with Crippen LogP contribution in [0.2, 0.25) is 0 Å². The maximum Gasteiger partial charge on any atom is 0.248 e. The van der Waals surface area contributed by atoms with E-state index < -0.39 is 5.92 Å². The van der Waals surface area contributed by atoms with Crippen LogP contribution < -0.4 is 0 Å². The van der Waals surface area contributed by atoms with Gasteiger partial charge in [-0.25, -0.2) is 8.78 Å². The van der Waals surface area contributed by atoms with Gasteiger partial charge in [0.2, 0.25) is 5.92 Å². The molecule has 0 bridgehead atoms. The molecule has 1 N–H and O–H groups in total. The molecule has 5 rings (SSSR count). The van der Waals surface area contributed by atoms with Gasteiger partial charge in [-0.05, 0) is 49.8 Å². The van der Waals surface area contributed by atoms with Crippen LogP contribution >= 0.6 is 0 Å². The van der Waals surface area contributed by atoms with Crippen molar-refractivity contribution in [2.24, 2.45) is 5.92 Å². The SMILES string of the molecule is C=C(O)c1ccc(-c2cn(CC3CCC(F)(F)CC3)c3cc(-c4c(C)noc4C)ccc23)cc1. The van der Waals surface area contributed by atoms with Gasteiger partial charge in [0.15, 0.2) is 0 Å². The van der Waals surface area contributed by atoms with Crippen LogP contribution in [-0.2, 0) is 6.54 Å². The summed E-state index contributed by atoms with van der Waals surface area (Å²) in [6.45, 7) is 8.12. The number of fused-ring (bicyclic) bond motifs is 1. The molecular formula is C28H28F2N2O2. The van der Waals surface area contributed by atoms with Crippen LogP contribution in [0.25, 0.3) is 38.9 Å².